The van der Waals surface area contributed by atoms with Gasteiger partial charge < -0.3 is 5.73 Å². The number of nitrogens with zero attached hydrogens (tertiary/aromatic N) is 1. The molecule has 1 aromatic rings. The molecule has 1 atom stereocenters. The predicted octanol–water partition coefficient (Wildman–Crippen LogP) is 1.80. The maximum atomic E-state index is 12.8. The van der Waals surface area contributed by atoms with Gasteiger partial charge in [0.1, 0.15) is 5.82 Å². The van der Waals surface area contributed by atoms with Crippen LogP contribution in [-0.2, 0) is 0 Å². The molecule has 0 aliphatic carbocycles. The molecular weight excluding hydrogens is 187 g/mol. The molecule has 0 aliphatic heterocycles. The summed E-state index contributed by atoms with van der Waals surface area (Å²) in [6.45, 7) is 1.98. The van der Waals surface area contributed by atoms with E-state index in [0.717, 1.165) is 18.2 Å². The van der Waals surface area contributed by atoms with Crippen molar-refractivity contribution in [2.75, 3.05) is 6.54 Å². The minimum atomic E-state index is -0.527. The third-order valence-corrected chi connectivity index (χ3v) is 2.07. The van der Waals surface area contributed by atoms with Crippen molar-refractivity contribution in [1.29, 1.82) is 0 Å². The van der Waals surface area contributed by atoms with E-state index in [-0.39, 0.29) is 18.2 Å². The fourth-order valence-electron chi connectivity index (χ4n) is 1.21. The van der Waals surface area contributed by atoms with Gasteiger partial charge in [-0.05, 0) is 18.7 Å². The summed E-state index contributed by atoms with van der Waals surface area (Å²) in [5, 5.41) is 10.6. The molecule has 0 amide bonds. The van der Waals surface area contributed by atoms with E-state index in [2.05, 4.69) is 0 Å². The van der Waals surface area contributed by atoms with Crippen molar-refractivity contribution >= 4 is 5.69 Å². The molecule has 0 aromatic heterocycles. The lowest BCUT2D eigenvalue weighted by atomic mass is 9.99. The molecule has 1 aromatic carbocycles. The smallest absolute Gasteiger partial charge is 0.273 e. The standard InChI is InChI=1S/C9H11FN2O2/c1-6(5-11)8-4-7(10)2-3-9(8)12(13)14/h2-4,6H,5,11H2,1H3. The van der Waals surface area contributed by atoms with Crippen LogP contribution in [0, 0.1) is 15.9 Å². The highest BCUT2D eigenvalue weighted by Gasteiger charge is 2.18. The van der Waals surface area contributed by atoms with Crippen molar-refractivity contribution in [2.24, 2.45) is 5.73 Å². The first-order valence-corrected chi connectivity index (χ1v) is 4.20. The Labute approximate surface area is 80.7 Å². The number of halogens is 1. The van der Waals surface area contributed by atoms with Crippen LogP contribution >= 0.6 is 0 Å². The van der Waals surface area contributed by atoms with E-state index in [1.165, 1.54) is 0 Å². The van der Waals surface area contributed by atoms with E-state index in [1.54, 1.807) is 6.92 Å². The topological polar surface area (TPSA) is 69.2 Å². The molecule has 0 saturated carbocycles. The van der Waals surface area contributed by atoms with Crippen LogP contribution in [0.3, 0.4) is 0 Å². The Hall–Kier alpha value is -1.49. The van der Waals surface area contributed by atoms with E-state index in [0.29, 0.717) is 5.56 Å². The third kappa shape index (κ3) is 2.05. The van der Waals surface area contributed by atoms with Crippen molar-refractivity contribution < 1.29 is 9.31 Å². The molecule has 0 saturated heterocycles. The zero-order chi connectivity index (χ0) is 10.7. The molecule has 14 heavy (non-hydrogen) atoms. The average molecular weight is 198 g/mol. The number of rotatable bonds is 3. The number of benzene rings is 1. The van der Waals surface area contributed by atoms with Crippen molar-refractivity contribution in [3.63, 3.8) is 0 Å². The van der Waals surface area contributed by atoms with Crippen molar-refractivity contribution in [3.8, 4) is 0 Å². The monoisotopic (exact) mass is 198 g/mol. The molecule has 0 bridgehead atoms. The Morgan fingerprint density at radius 1 is 1.64 bits per heavy atom. The molecule has 0 spiro atoms. The fraction of sp³-hybridized carbons (Fsp3) is 0.333. The number of hydrogen-bond donors (Lipinski definition) is 1. The minimum absolute atomic E-state index is 0.0793. The Kier molecular flexibility index (Phi) is 3.14. The quantitative estimate of drug-likeness (QED) is 0.594. The second-order valence-electron chi connectivity index (χ2n) is 3.10. The van der Waals surface area contributed by atoms with Gasteiger partial charge in [-0.1, -0.05) is 6.92 Å². The van der Waals surface area contributed by atoms with Gasteiger partial charge in [-0.15, -0.1) is 0 Å². The number of nitrogens with two attached hydrogens (primary N) is 1. The van der Waals surface area contributed by atoms with Gasteiger partial charge in [0.05, 0.1) is 4.92 Å². The first-order valence-electron chi connectivity index (χ1n) is 4.20. The van der Waals surface area contributed by atoms with Gasteiger partial charge >= 0.3 is 0 Å². The van der Waals surface area contributed by atoms with Gasteiger partial charge in [0.15, 0.2) is 0 Å². The van der Waals surface area contributed by atoms with Gasteiger partial charge in [0.2, 0.25) is 0 Å². The van der Waals surface area contributed by atoms with Gasteiger partial charge in [-0.25, -0.2) is 4.39 Å². The molecule has 0 aliphatic rings. The Bertz CT molecular complexity index is 355. The molecule has 0 radical (unpaired) electrons. The van der Waals surface area contributed by atoms with Gasteiger partial charge in [-0.2, -0.15) is 0 Å². The summed E-state index contributed by atoms with van der Waals surface area (Å²) in [6.07, 6.45) is 0. The molecule has 76 valence electrons. The van der Waals surface area contributed by atoms with E-state index in [1.807, 2.05) is 0 Å². The number of hydrogen-bond acceptors (Lipinski definition) is 3. The Morgan fingerprint density at radius 2 is 2.29 bits per heavy atom. The highest BCUT2D eigenvalue weighted by atomic mass is 19.1. The summed E-state index contributed by atoms with van der Waals surface area (Å²) in [4.78, 5) is 10.1. The molecule has 2 N–H and O–H groups in total. The normalized spacial score (nSPS) is 12.5. The molecule has 0 heterocycles. The summed E-state index contributed by atoms with van der Waals surface area (Å²) >= 11 is 0. The molecule has 0 fully saturated rings. The Morgan fingerprint density at radius 3 is 2.79 bits per heavy atom. The molecular formula is C9H11FN2O2. The second kappa shape index (κ2) is 4.15. The largest absolute Gasteiger partial charge is 0.330 e. The van der Waals surface area contributed by atoms with Crippen LogP contribution in [0.1, 0.15) is 18.4 Å². The summed E-state index contributed by atoms with van der Waals surface area (Å²) < 4.78 is 12.8. The summed E-state index contributed by atoms with van der Waals surface area (Å²) in [5.74, 6) is -0.697. The van der Waals surface area contributed by atoms with E-state index >= 15 is 0 Å². The highest BCUT2D eigenvalue weighted by molar-refractivity contribution is 5.42. The van der Waals surface area contributed by atoms with Crippen molar-refractivity contribution in [2.45, 2.75) is 12.8 Å². The van der Waals surface area contributed by atoms with Crippen molar-refractivity contribution in [3.05, 3.63) is 39.7 Å². The second-order valence-corrected chi connectivity index (χ2v) is 3.10. The molecule has 1 rings (SSSR count). The molecule has 5 heteroatoms. The SMILES string of the molecule is CC(CN)c1cc(F)ccc1[N+](=O)[O-]. The zero-order valence-electron chi connectivity index (χ0n) is 7.74. The highest BCUT2D eigenvalue weighted by Crippen LogP contribution is 2.26. The molecule has 1 unspecified atom stereocenters. The van der Waals surface area contributed by atoms with Crippen LogP contribution in [-0.4, -0.2) is 11.5 Å². The van der Waals surface area contributed by atoms with Crippen molar-refractivity contribution in [1.82, 2.24) is 0 Å². The lowest BCUT2D eigenvalue weighted by Gasteiger charge is -2.08. The van der Waals surface area contributed by atoms with Crippen LogP contribution in [0.15, 0.2) is 18.2 Å². The van der Waals surface area contributed by atoms with E-state index in [4.69, 9.17) is 5.73 Å². The summed E-state index contributed by atoms with van der Waals surface area (Å²) in [6, 6.07) is 3.40. The van der Waals surface area contributed by atoms with Gasteiger partial charge in [-0.3, -0.25) is 10.1 Å². The first-order chi connectivity index (χ1) is 6.56. The first kappa shape index (κ1) is 10.6. The average Bonchev–Trinajstić information content (AvgIpc) is 2.16. The Balaban J connectivity index is 3.22. The van der Waals surface area contributed by atoms with Gasteiger partial charge in [0.25, 0.3) is 5.69 Å². The summed E-state index contributed by atoms with van der Waals surface area (Å²) in [5.41, 5.74) is 5.64. The van der Waals surface area contributed by atoms with Gasteiger partial charge in [0, 0.05) is 17.5 Å². The lowest BCUT2D eigenvalue weighted by Crippen LogP contribution is -2.11. The van der Waals surface area contributed by atoms with Crippen LogP contribution in [0.5, 0.6) is 0 Å². The van der Waals surface area contributed by atoms with Crippen LogP contribution in [0.2, 0.25) is 0 Å². The number of nitro benzene ring substituents is 1. The number of nitro groups is 1. The van der Waals surface area contributed by atoms with Crippen LogP contribution in [0.25, 0.3) is 0 Å². The molecule has 4 nitrogen and oxygen atoms in total. The summed E-state index contributed by atoms with van der Waals surface area (Å²) in [7, 11) is 0. The zero-order valence-corrected chi connectivity index (χ0v) is 7.74. The minimum Gasteiger partial charge on any atom is -0.330 e. The van der Waals surface area contributed by atoms with Crippen LogP contribution < -0.4 is 5.73 Å². The van der Waals surface area contributed by atoms with E-state index in [9.17, 15) is 14.5 Å². The third-order valence-electron chi connectivity index (χ3n) is 2.07. The van der Waals surface area contributed by atoms with Crippen LogP contribution in [0.4, 0.5) is 10.1 Å². The fourth-order valence-corrected chi connectivity index (χ4v) is 1.21. The maximum absolute atomic E-state index is 12.8. The lowest BCUT2D eigenvalue weighted by molar-refractivity contribution is -0.385. The predicted molar refractivity (Wildman–Crippen MR) is 50.5 cm³/mol. The van der Waals surface area contributed by atoms with E-state index < -0.39 is 10.7 Å². The maximum Gasteiger partial charge on any atom is 0.273 e.